The zero-order valence-corrected chi connectivity index (χ0v) is 15.9. The van der Waals surface area contributed by atoms with Crippen LogP contribution < -0.4 is 5.32 Å². The van der Waals surface area contributed by atoms with Crippen LogP contribution in [0.3, 0.4) is 0 Å². The van der Waals surface area contributed by atoms with Crippen LogP contribution in [-0.4, -0.2) is 39.3 Å². The lowest BCUT2D eigenvalue weighted by Gasteiger charge is -2.18. The predicted molar refractivity (Wildman–Crippen MR) is 95.0 cm³/mol. The van der Waals surface area contributed by atoms with Gasteiger partial charge in [0, 0.05) is 5.38 Å². The SMILES string of the molecule is CCOC(=O)c1nc(CO)sc1-c1csc(NC(=O)OC(C)(C)C)n1. The predicted octanol–water partition coefficient (Wildman–Crippen LogP) is 3.28. The fourth-order valence-electron chi connectivity index (χ4n) is 1.77. The van der Waals surface area contributed by atoms with Crippen molar-refractivity contribution in [1.29, 1.82) is 0 Å². The Morgan fingerprint density at radius 2 is 2.04 bits per heavy atom. The van der Waals surface area contributed by atoms with Crippen molar-refractivity contribution >= 4 is 39.9 Å². The highest BCUT2D eigenvalue weighted by Crippen LogP contribution is 2.33. The number of hydrogen-bond acceptors (Lipinski definition) is 9. The van der Waals surface area contributed by atoms with Gasteiger partial charge in [-0.05, 0) is 27.7 Å². The Morgan fingerprint density at radius 3 is 2.64 bits per heavy atom. The van der Waals surface area contributed by atoms with Crippen LogP contribution in [0.15, 0.2) is 5.38 Å². The lowest BCUT2D eigenvalue weighted by molar-refractivity contribution is 0.0520. The number of nitrogens with one attached hydrogen (secondary N) is 1. The molecule has 0 fully saturated rings. The van der Waals surface area contributed by atoms with E-state index in [1.807, 2.05) is 0 Å². The minimum Gasteiger partial charge on any atom is -0.461 e. The fourth-order valence-corrected chi connectivity index (χ4v) is 3.40. The summed E-state index contributed by atoms with van der Waals surface area (Å²) in [6.45, 7) is 6.91. The van der Waals surface area contributed by atoms with Gasteiger partial charge in [0.1, 0.15) is 10.6 Å². The minimum absolute atomic E-state index is 0.102. The van der Waals surface area contributed by atoms with Crippen molar-refractivity contribution in [2.24, 2.45) is 0 Å². The van der Waals surface area contributed by atoms with Crippen LogP contribution in [0.5, 0.6) is 0 Å². The van der Waals surface area contributed by atoms with E-state index in [0.29, 0.717) is 20.7 Å². The number of nitrogens with zero attached hydrogens (tertiary/aromatic N) is 2. The van der Waals surface area contributed by atoms with E-state index in [4.69, 9.17) is 9.47 Å². The molecule has 0 atom stereocenters. The number of amides is 1. The molecule has 2 rings (SSSR count). The Morgan fingerprint density at radius 1 is 1.32 bits per heavy atom. The quantitative estimate of drug-likeness (QED) is 0.760. The molecule has 0 aliphatic rings. The highest BCUT2D eigenvalue weighted by molar-refractivity contribution is 7.17. The molecule has 2 aromatic rings. The third-order valence-corrected chi connectivity index (χ3v) is 4.44. The number of ether oxygens (including phenoxy) is 2. The maximum atomic E-state index is 12.0. The summed E-state index contributed by atoms with van der Waals surface area (Å²) in [6.07, 6.45) is -0.612. The van der Waals surface area contributed by atoms with E-state index < -0.39 is 17.7 Å². The van der Waals surface area contributed by atoms with Crippen LogP contribution in [0.1, 0.15) is 43.2 Å². The first-order valence-electron chi connectivity index (χ1n) is 7.47. The Hall–Kier alpha value is -2.04. The zero-order valence-electron chi connectivity index (χ0n) is 14.3. The summed E-state index contributed by atoms with van der Waals surface area (Å²) in [5, 5.41) is 14.2. The molecule has 0 saturated carbocycles. The number of hydrogen-bond donors (Lipinski definition) is 2. The molecule has 2 heterocycles. The molecular formula is C15H19N3O5S2. The van der Waals surface area contributed by atoms with E-state index in [1.165, 1.54) is 11.3 Å². The van der Waals surface area contributed by atoms with Gasteiger partial charge in [-0.15, -0.1) is 22.7 Å². The summed E-state index contributed by atoms with van der Waals surface area (Å²) in [6, 6.07) is 0. The van der Waals surface area contributed by atoms with Crippen LogP contribution in [0, 0.1) is 0 Å². The van der Waals surface area contributed by atoms with Gasteiger partial charge in [-0.1, -0.05) is 0 Å². The van der Waals surface area contributed by atoms with Gasteiger partial charge in [0.2, 0.25) is 0 Å². The Labute approximate surface area is 152 Å². The summed E-state index contributed by atoms with van der Waals surface area (Å²) < 4.78 is 10.2. The van der Waals surface area contributed by atoms with Crippen molar-refractivity contribution in [3.8, 4) is 10.6 Å². The standard InChI is InChI=1S/C15H19N3O5S2/c1-5-22-12(20)10-11(25-9(6-19)17-10)8-7-24-13(16-8)18-14(21)23-15(2,3)4/h7,19H,5-6H2,1-4H3,(H,16,18,21). The number of anilines is 1. The first-order valence-corrected chi connectivity index (χ1v) is 9.16. The molecule has 0 radical (unpaired) electrons. The summed E-state index contributed by atoms with van der Waals surface area (Å²) in [5.41, 5.74) is -0.0454. The molecule has 0 spiro atoms. The Balaban J connectivity index is 2.23. The van der Waals surface area contributed by atoms with Gasteiger partial charge in [-0.2, -0.15) is 0 Å². The second kappa shape index (κ2) is 7.89. The maximum absolute atomic E-state index is 12.0. The summed E-state index contributed by atoms with van der Waals surface area (Å²) in [5.74, 6) is -0.580. The van der Waals surface area contributed by atoms with E-state index >= 15 is 0 Å². The molecular weight excluding hydrogens is 366 g/mol. The summed E-state index contributed by atoms with van der Waals surface area (Å²) in [4.78, 5) is 32.7. The zero-order chi connectivity index (χ0) is 18.6. The van der Waals surface area contributed by atoms with Crippen molar-refractivity contribution in [3.63, 3.8) is 0 Å². The molecule has 0 aliphatic heterocycles. The molecule has 0 aliphatic carbocycles. The van der Waals surface area contributed by atoms with Gasteiger partial charge >= 0.3 is 12.1 Å². The molecule has 1 amide bonds. The van der Waals surface area contributed by atoms with Gasteiger partial charge in [-0.25, -0.2) is 19.6 Å². The monoisotopic (exact) mass is 385 g/mol. The average Bonchev–Trinajstić information content (AvgIpc) is 3.11. The van der Waals surface area contributed by atoms with Gasteiger partial charge in [0.15, 0.2) is 10.8 Å². The van der Waals surface area contributed by atoms with Crippen molar-refractivity contribution in [3.05, 3.63) is 16.1 Å². The summed E-state index contributed by atoms with van der Waals surface area (Å²) >= 11 is 2.34. The highest BCUT2D eigenvalue weighted by Gasteiger charge is 2.23. The number of carbonyl (C=O) groups is 2. The van der Waals surface area contributed by atoms with Crippen LogP contribution >= 0.6 is 22.7 Å². The molecule has 10 heteroatoms. The van der Waals surface area contributed by atoms with E-state index in [9.17, 15) is 14.7 Å². The van der Waals surface area contributed by atoms with Gasteiger partial charge in [-0.3, -0.25) is 5.32 Å². The molecule has 8 nitrogen and oxygen atoms in total. The average molecular weight is 385 g/mol. The van der Waals surface area contributed by atoms with Crippen LogP contribution in [0.2, 0.25) is 0 Å². The van der Waals surface area contributed by atoms with Gasteiger partial charge in [0.25, 0.3) is 0 Å². The molecule has 2 aromatic heterocycles. The summed E-state index contributed by atoms with van der Waals surface area (Å²) in [7, 11) is 0. The second-order valence-corrected chi connectivity index (χ2v) is 7.77. The molecule has 0 unspecified atom stereocenters. The van der Waals surface area contributed by atoms with E-state index in [1.54, 1.807) is 33.1 Å². The molecule has 25 heavy (non-hydrogen) atoms. The third-order valence-electron chi connectivity index (χ3n) is 2.62. The number of rotatable bonds is 5. The topological polar surface area (TPSA) is 111 Å². The number of esters is 1. The molecule has 0 aromatic carbocycles. The van der Waals surface area contributed by atoms with E-state index in [0.717, 1.165) is 11.3 Å². The smallest absolute Gasteiger partial charge is 0.413 e. The fraction of sp³-hybridized carbons (Fsp3) is 0.467. The number of aromatic nitrogens is 2. The normalized spacial score (nSPS) is 11.2. The first kappa shape index (κ1) is 19.3. The third kappa shape index (κ3) is 5.21. The first-order chi connectivity index (χ1) is 11.7. The van der Waals surface area contributed by atoms with E-state index in [2.05, 4.69) is 15.3 Å². The number of thiazole rings is 2. The Bertz CT molecular complexity index is 764. The van der Waals surface area contributed by atoms with Gasteiger partial charge in [0.05, 0.1) is 23.8 Å². The van der Waals surface area contributed by atoms with Crippen LogP contribution in [0.25, 0.3) is 10.6 Å². The van der Waals surface area contributed by atoms with Crippen LogP contribution in [-0.2, 0) is 16.1 Å². The molecule has 0 bridgehead atoms. The second-order valence-electron chi connectivity index (χ2n) is 5.83. The van der Waals surface area contributed by atoms with E-state index in [-0.39, 0.29) is 18.9 Å². The number of aliphatic hydroxyl groups is 1. The lowest BCUT2D eigenvalue weighted by atomic mass is 10.2. The maximum Gasteiger partial charge on any atom is 0.413 e. The minimum atomic E-state index is -0.616. The lowest BCUT2D eigenvalue weighted by Crippen LogP contribution is -2.27. The van der Waals surface area contributed by atoms with Crippen molar-refractivity contribution < 1.29 is 24.2 Å². The largest absolute Gasteiger partial charge is 0.461 e. The highest BCUT2D eigenvalue weighted by atomic mass is 32.1. The molecule has 2 N–H and O–H groups in total. The Kier molecular flexibility index (Phi) is 6.09. The molecule has 136 valence electrons. The number of aliphatic hydroxyl groups excluding tert-OH is 1. The van der Waals surface area contributed by atoms with Crippen molar-refractivity contribution in [1.82, 2.24) is 9.97 Å². The van der Waals surface area contributed by atoms with Crippen LogP contribution in [0.4, 0.5) is 9.93 Å². The van der Waals surface area contributed by atoms with Crippen molar-refractivity contribution in [2.45, 2.75) is 39.9 Å². The number of carbonyl (C=O) groups excluding carboxylic acids is 2. The molecule has 0 saturated heterocycles. The van der Waals surface area contributed by atoms with Gasteiger partial charge < -0.3 is 14.6 Å². The van der Waals surface area contributed by atoms with Crippen molar-refractivity contribution in [2.75, 3.05) is 11.9 Å².